The van der Waals surface area contributed by atoms with Crippen LogP contribution in [0.25, 0.3) is 0 Å². The Bertz CT molecular complexity index is 653. The molecule has 0 fully saturated rings. The van der Waals surface area contributed by atoms with E-state index in [4.69, 9.17) is 5.73 Å². The molecule has 0 aliphatic rings. The molecule has 0 aliphatic heterocycles. The van der Waals surface area contributed by atoms with E-state index in [0.717, 1.165) is 25.1 Å². The molecule has 0 radical (unpaired) electrons. The molecule has 3 N–H and O–H groups in total. The SMILES string of the molecule is Cc1cc(Br)c(NC(=O)CSc2ccccc2N)c(Br)c1. The first-order valence-electron chi connectivity index (χ1n) is 6.20. The van der Waals surface area contributed by atoms with Crippen LogP contribution in [-0.2, 0) is 4.79 Å². The van der Waals surface area contributed by atoms with Gasteiger partial charge in [-0.25, -0.2) is 0 Å². The molecule has 21 heavy (non-hydrogen) atoms. The minimum absolute atomic E-state index is 0.0755. The molecule has 0 saturated carbocycles. The molecule has 3 nitrogen and oxygen atoms in total. The summed E-state index contributed by atoms with van der Waals surface area (Å²) in [7, 11) is 0. The minimum atomic E-state index is -0.0755. The Morgan fingerprint density at radius 1 is 1.24 bits per heavy atom. The Kier molecular flexibility index (Phi) is 5.72. The molecule has 2 aromatic carbocycles. The predicted molar refractivity (Wildman–Crippen MR) is 96.8 cm³/mol. The molecular formula is C15H14Br2N2OS. The van der Waals surface area contributed by atoms with E-state index in [2.05, 4.69) is 37.2 Å². The fourth-order valence-corrected chi connectivity index (χ4v) is 4.13. The van der Waals surface area contributed by atoms with Crippen LogP contribution in [0, 0.1) is 6.92 Å². The van der Waals surface area contributed by atoms with Gasteiger partial charge in [0.05, 0.1) is 11.4 Å². The Hall–Kier alpha value is -0.980. The van der Waals surface area contributed by atoms with Gasteiger partial charge in [0.2, 0.25) is 5.91 Å². The monoisotopic (exact) mass is 428 g/mol. The lowest BCUT2D eigenvalue weighted by Crippen LogP contribution is -2.15. The standard InChI is InChI=1S/C15H14Br2N2OS/c1-9-6-10(16)15(11(17)7-9)19-14(20)8-21-13-5-3-2-4-12(13)18/h2-7H,8,18H2,1H3,(H,19,20). The first-order valence-corrected chi connectivity index (χ1v) is 8.77. The van der Waals surface area contributed by atoms with Crippen LogP contribution in [0.3, 0.4) is 0 Å². The van der Waals surface area contributed by atoms with Gasteiger partial charge in [0.25, 0.3) is 0 Å². The van der Waals surface area contributed by atoms with Gasteiger partial charge >= 0.3 is 0 Å². The van der Waals surface area contributed by atoms with Gasteiger partial charge in [0.15, 0.2) is 0 Å². The molecule has 0 spiro atoms. The zero-order chi connectivity index (χ0) is 15.4. The first-order chi connectivity index (χ1) is 9.97. The third kappa shape index (κ3) is 4.49. The highest BCUT2D eigenvalue weighted by atomic mass is 79.9. The number of amides is 1. The Balaban J connectivity index is 2.01. The van der Waals surface area contributed by atoms with Gasteiger partial charge in [-0.1, -0.05) is 12.1 Å². The van der Waals surface area contributed by atoms with Crippen LogP contribution >= 0.6 is 43.6 Å². The zero-order valence-corrected chi connectivity index (χ0v) is 15.3. The predicted octanol–water partition coefficient (Wildman–Crippen LogP) is 4.83. The molecule has 6 heteroatoms. The van der Waals surface area contributed by atoms with Crippen LogP contribution in [0.15, 0.2) is 50.2 Å². The van der Waals surface area contributed by atoms with Gasteiger partial charge in [-0.05, 0) is 68.6 Å². The number of carbonyl (C=O) groups is 1. The van der Waals surface area contributed by atoms with E-state index in [9.17, 15) is 4.79 Å². The summed E-state index contributed by atoms with van der Waals surface area (Å²) in [5.41, 5.74) is 8.40. The molecule has 2 rings (SSSR count). The highest BCUT2D eigenvalue weighted by Gasteiger charge is 2.11. The number of benzene rings is 2. The number of aryl methyl sites for hydroxylation is 1. The third-order valence-electron chi connectivity index (χ3n) is 2.73. The van der Waals surface area contributed by atoms with Gasteiger partial charge in [0.1, 0.15) is 0 Å². The van der Waals surface area contributed by atoms with Crippen molar-refractivity contribution in [1.29, 1.82) is 0 Å². The molecule has 0 atom stereocenters. The number of hydrogen-bond donors (Lipinski definition) is 2. The van der Waals surface area contributed by atoms with Crippen LogP contribution in [0.2, 0.25) is 0 Å². The van der Waals surface area contributed by atoms with Crippen molar-refractivity contribution in [2.45, 2.75) is 11.8 Å². The van der Waals surface area contributed by atoms with Gasteiger partial charge in [-0.15, -0.1) is 11.8 Å². The highest BCUT2D eigenvalue weighted by molar-refractivity contribution is 9.11. The molecule has 0 aromatic heterocycles. The number of halogens is 2. The average Bonchev–Trinajstić information content (AvgIpc) is 2.42. The summed E-state index contributed by atoms with van der Waals surface area (Å²) in [6, 6.07) is 11.4. The number of para-hydroxylation sites is 1. The largest absolute Gasteiger partial charge is 0.398 e. The topological polar surface area (TPSA) is 55.1 Å². The van der Waals surface area contributed by atoms with Crippen LogP contribution in [0.4, 0.5) is 11.4 Å². The van der Waals surface area contributed by atoms with Crippen molar-refractivity contribution >= 4 is 60.9 Å². The van der Waals surface area contributed by atoms with Crippen molar-refractivity contribution in [3.05, 3.63) is 50.9 Å². The summed E-state index contributed by atoms with van der Waals surface area (Å²) in [4.78, 5) is 13.0. The van der Waals surface area contributed by atoms with Crippen molar-refractivity contribution in [3.8, 4) is 0 Å². The lowest BCUT2D eigenvalue weighted by Gasteiger charge is -2.11. The maximum absolute atomic E-state index is 12.1. The number of nitrogen functional groups attached to an aromatic ring is 1. The second-order valence-electron chi connectivity index (χ2n) is 4.48. The number of hydrogen-bond acceptors (Lipinski definition) is 3. The molecule has 2 aromatic rings. The molecular weight excluding hydrogens is 416 g/mol. The molecule has 0 bridgehead atoms. The van der Waals surface area contributed by atoms with Gasteiger partial charge < -0.3 is 11.1 Å². The number of anilines is 2. The summed E-state index contributed by atoms with van der Waals surface area (Å²) in [6.45, 7) is 2.00. The van der Waals surface area contributed by atoms with Crippen molar-refractivity contribution in [2.24, 2.45) is 0 Å². The fraction of sp³-hybridized carbons (Fsp3) is 0.133. The summed E-state index contributed by atoms with van der Waals surface area (Å²) in [5.74, 6) is 0.231. The summed E-state index contributed by atoms with van der Waals surface area (Å²) in [5, 5.41) is 2.90. The number of rotatable bonds is 4. The summed E-state index contributed by atoms with van der Waals surface area (Å²) < 4.78 is 1.71. The van der Waals surface area contributed by atoms with Crippen molar-refractivity contribution in [1.82, 2.24) is 0 Å². The first kappa shape index (κ1) is 16.4. The van der Waals surface area contributed by atoms with Crippen molar-refractivity contribution < 1.29 is 4.79 Å². The Labute approximate surface area is 144 Å². The molecule has 0 heterocycles. The molecule has 0 unspecified atom stereocenters. The van der Waals surface area contributed by atoms with E-state index < -0.39 is 0 Å². The number of nitrogens with two attached hydrogens (primary N) is 1. The van der Waals surface area contributed by atoms with Gasteiger partial charge in [-0.2, -0.15) is 0 Å². The maximum Gasteiger partial charge on any atom is 0.234 e. The van der Waals surface area contributed by atoms with Crippen molar-refractivity contribution in [3.63, 3.8) is 0 Å². The van der Waals surface area contributed by atoms with E-state index in [1.165, 1.54) is 11.8 Å². The third-order valence-corrected chi connectivity index (χ3v) is 5.07. The second kappa shape index (κ2) is 7.33. The normalized spacial score (nSPS) is 10.4. The van der Waals surface area contributed by atoms with E-state index in [1.807, 2.05) is 43.3 Å². The van der Waals surface area contributed by atoms with E-state index in [-0.39, 0.29) is 5.91 Å². The van der Waals surface area contributed by atoms with E-state index in [1.54, 1.807) is 0 Å². The zero-order valence-electron chi connectivity index (χ0n) is 11.3. The van der Waals surface area contributed by atoms with E-state index in [0.29, 0.717) is 11.4 Å². The molecule has 1 amide bonds. The molecule has 0 aliphatic carbocycles. The minimum Gasteiger partial charge on any atom is -0.398 e. The lowest BCUT2D eigenvalue weighted by atomic mass is 10.2. The number of thioether (sulfide) groups is 1. The van der Waals surface area contributed by atoms with Crippen LogP contribution < -0.4 is 11.1 Å². The molecule has 110 valence electrons. The van der Waals surface area contributed by atoms with Crippen LogP contribution in [0.5, 0.6) is 0 Å². The van der Waals surface area contributed by atoms with Crippen molar-refractivity contribution in [2.75, 3.05) is 16.8 Å². The lowest BCUT2D eigenvalue weighted by molar-refractivity contribution is -0.113. The quantitative estimate of drug-likeness (QED) is 0.540. The fourth-order valence-electron chi connectivity index (χ4n) is 1.75. The average molecular weight is 430 g/mol. The highest BCUT2D eigenvalue weighted by Crippen LogP contribution is 2.32. The maximum atomic E-state index is 12.1. The Morgan fingerprint density at radius 3 is 2.48 bits per heavy atom. The van der Waals surface area contributed by atoms with Gasteiger partial charge in [-0.3, -0.25) is 4.79 Å². The summed E-state index contributed by atoms with van der Waals surface area (Å²) in [6.07, 6.45) is 0. The summed E-state index contributed by atoms with van der Waals surface area (Å²) >= 11 is 8.35. The number of nitrogens with one attached hydrogen (secondary N) is 1. The van der Waals surface area contributed by atoms with E-state index >= 15 is 0 Å². The smallest absolute Gasteiger partial charge is 0.234 e. The van der Waals surface area contributed by atoms with Crippen LogP contribution in [0.1, 0.15) is 5.56 Å². The van der Waals surface area contributed by atoms with Crippen LogP contribution in [-0.4, -0.2) is 11.7 Å². The molecule has 0 saturated heterocycles. The Morgan fingerprint density at radius 2 is 1.86 bits per heavy atom. The second-order valence-corrected chi connectivity index (χ2v) is 7.20. The number of carbonyl (C=O) groups excluding carboxylic acids is 1. The van der Waals surface area contributed by atoms with Gasteiger partial charge in [0, 0.05) is 19.5 Å².